The van der Waals surface area contributed by atoms with Crippen LogP contribution in [0, 0.1) is 0 Å². The largest absolute Gasteiger partial charge is 0.480 e. The number of anilines is 1. The number of carbonyl (C=O) groups excluding carboxylic acids is 2. The van der Waals surface area contributed by atoms with E-state index in [1.807, 2.05) is 0 Å². The fraction of sp³-hybridized carbons (Fsp3) is 0.263. The molecule has 25 heavy (non-hydrogen) atoms. The van der Waals surface area contributed by atoms with Crippen LogP contribution in [0.15, 0.2) is 42.5 Å². The summed E-state index contributed by atoms with van der Waals surface area (Å²) in [7, 11) is 0. The molecule has 0 aromatic heterocycles. The van der Waals surface area contributed by atoms with E-state index in [-0.39, 0.29) is 17.9 Å². The Labute approximate surface area is 150 Å². The molecule has 4 rings (SSSR count). The second-order valence-corrected chi connectivity index (χ2v) is 6.78. The van der Waals surface area contributed by atoms with Crippen molar-refractivity contribution < 1.29 is 14.3 Å². The highest BCUT2D eigenvalue weighted by molar-refractivity contribution is 6.30. The van der Waals surface area contributed by atoms with Gasteiger partial charge in [0.2, 0.25) is 0 Å². The molecule has 1 fully saturated rings. The van der Waals surface area contributed by atoms with Crippen molar-refractivity contribution in [1.29, 1.82) is 0 Å². The topological polar surface area (TPSA) is 67.4 Å². The molecule has 1 heterocycles. The van der Waals surface area contributed by atoms with Gasteiger partial charge in [0.05, 0.1) is 11.3 Å². The summed E-state index contributed by atoms with van der Waals surface area (Å²) in [5, 5.41) is 6.37. The van der Waals surface area contributed by atoms with Crippen LogP contribution in [0.4, 0.5) is 5.69 Å². The predicted octanol–water partition coefficient (Wildman–Crippen LogP) is 3.17. The number of amides is 2. The highest BCUT2D eigenvalue weighted by Crippen LogP contribution is 2.31. The summed E-state index contributed by atoms with van der Waals surface area (Å²) in [6, 6.07) is 12.6. The average Bonchev–Trinajstić information content (AvgIpc) is 3.31. The Balaban J connectivity index is 1.47. The Morgan fingerprint density at radius 3 is 2.72 bits per heavy atom. The number of carbonyl (C=O) groups is 2. The highest BCUT2D eigenvalue weighted by atomic mass is 35.5. The molecular formula is C19H17ClN2O3. The lowest BCUT2D eigenvalue weighted by atomic mass is 10.1. The number of hydrogen-bond acceptors (Lipinski definition) is 3. The SMILES string of the molecule is O=C(NC1CC1)c1ccccc1NC(=O)[C@@H]1Cc2cc(Cl)ccc2O1. The Bertz CT molecular complexity index is 848. The van der Waals surface area contributed by atoms with E-state index in [0.717, 1.165) is 18.4 Å². The molecule has 128 valence electrons. The van der Waals surface area contributed by atoms with Gasteiger partial charge < -0.3 is 15.4 Å². The van der Waals surface area contributed by atoms with Crippen LogP contribution in [0.5, 0.6) is 5.75 Å². The maximum atomic E-state index is 12.6. The van der Waals surface area contributed by atoms with Crippen molar-refractivity contribution in [2.45, 2.75) is 31.4 Å². The van der Waals surface area contributed by atoms with E-state index in [4.69, 9.17) is 16.3 Å². The molecule has 2 amide bonds. The molecule has 1 atom stereocenters. The predicted molar refractivity (Wildman–Crippen MR) is 95.1 cm³/mol. The normalized spacial score (nSPS) is 18.2. The molecule has 1 aliphatic carbocycles. The number of nitrogens with one attached hydrogen (secondary N) is 2. The van der Waals surface area contributed by atoms with Gasteiger partial charge >= 0.3 is 0 Å². The third kappa shape index (κ3) is 3.46. The van der Waals surface area contributed by atoms with Crippen molar-refractivity contribution in [3.63, 3.8) is 0 Å². The van der Waals surface area contributed by atoms with Gasteiger partial charge in [0.25, 0.3) is 11.8 Å². The third-order valence-corrected chi connectivity index (χ3v) is 4.57. The third-order valence-electron chi connectivity index (χ3n) is 4.33. The lowest BCUT2D eigenvalue weighted by Crippen LogP contribution is -2.33. The molecule has 2 N–H and O–H groups in total. The Kier molecular flexibility index (Phi) is 4.09. The van der Waals surface area contributed by atoms with Gasteiger partial charge in [-0.3, -0.25) is 9.59 Å². The Morgan fingerprint density at radius 1 is 1.12 bits per heavy atom. The molecule has 0 unspecified atom stereocenters. The van der Waals surface area contributed by atoms with E-state index in [1.54, 1.807) is 42.5 Å². The van der Waals surface area contributed by atoms with Gasteiger partial charge in [0, 0.05) is 17.5 Å². The fourth-order valence-corrected chi connectivity index (χ4v) is 3.05. The average molecular weight is 357 g/mol. The van der Waals surface area contributed by atoms with Crippen LogP contribution in [-0.2, 0) is 11.2 Å². The number of benzene rings is 2. The first kappa shape index (κ1) is 16.0. The minimum absolute atomic E-state index is 0.166. The number of fused-ring (bicyclic) bond motifs is 1. The van der Waals surface area contributed by atoms with Crippen molar-refractivity contribution in [2.24, 2.45) is 0 Å². The molecule has 5 nitrogen and oxygen atoms in total. The molecule has 0 saturated heterocycles. The van der Waals surface area contributed by atoms with E-state index < -0.39 is 6.10 Å². The summed E-state index contributed by atoms with van der Waals surface area (Å²) in [6.45, 7) is 0. The van der Waals surface area contributed by atoms with Gasteiger partial charge in [0.1, 0.15) is 5.75 Å². The van der Waals surface area contributed by atoms with E-state index in [1.165, 1.54) is 0 Å². The molecule has 6 heteroatoms. The van der Waals surface area contributed by atoms with Crippen molar-refractivity contribution in [1.82, 2.24) is 5.32 Å². The van der Waals surface area contributed by atoms with Gasteiger partial charge in [-0.2, -0.15) is 0 Å². The van der Waals surface area contributed by atoms with E-state index in [2.05, 4.69) is 10.6 Å². The molecule has 1 saturated carbocycles. The Morgan fingerprint density at radius 2 is 1.92 bits per heavy atom. The van der Waals surface area contributed by atoms with Gasteiger partial charge in [-0.15, -0.1) is 0 Å². The number of halogens is 1. The molecule has 2 aromatic rings. The summed E-state index contributed by atoms with van der Waals surface area (Å²) in [4.78, 5) is 24.9. The molecule has 0 radical (unpaired) electrons. The summed E-state index contributed by atoms with van der Waals surface area (Å²) in [6.07, 6.45) is 1.85. The van der Waals surface area contributed by atoms with Gasteiger partial charge in [-0.25, -0.2) is 0 Å². The fourth-order valence-electron chi connectivity index (χ4n) is 2.86. The maximum Gasteiger partial charge on any atom is 0.265 e. The molecule has 0 bridgehead atoms. The summed E-state index contributed by atoms with van der Waals surface area (Å²) < 4.78 is 5.70. The van der Waals surface area contributed by atoms with E-state index in [0.29, 0.717) is 28.4 Å². The van der Waals surface area contributed by atoms with Crippen molar-refractivity contribution in [2.75, 3.05) is 5.32 Å². The lowest BCUT2D eigenvalue weighted by Gasteiger charge is -2.14. The molecule has 1 aliphatic heterocycles. The van der Waals surface area contributed by atoms with Crippen molar-refractivity contribution in [3.8, 4) is 5.75 Å². The summed E-state index contributed by atoms with van der Waals surface area (Å²) >= 11 is 5.98. The molecule has 0 spiro atoms. The van der Waals surface area contributed by atoms with E-state index in [9.17, 15) is 9.59 Å². The van der Waals surface area contributed by atoms with Crippen molar-refractivity contribution >= 4 is 29.1 Å². The van der Waals surface area contributed by atoms with Gasteiger partial charge in [-0.05, 0) is 48.7 Å². The first-order valence-electron chi connectivity index (χ1n) is 8.26. The highest BCUT2D eigenvalue weighted by Gasteiger charge is 2.30. The zero-order valence-electron chi connectivity index (χ0n) is 13.4. The minimum Gasteiger partial charge on any atom is -0.480 e. The van der Waals surface area contributed by atoms with Crippen LogP contribution in [0.2, 0.25) is 5.02 Å². The first-order valence-corrected chi connectivity index (χ1v) is 8.64. The first-order chi connectivity index (χ1) is 12.1. The number of ether oxygens (including phenoxy) is 1. The number of hydrogen-bond donors (Lipinski definition) is 2. The van der Waals surface area contributed by atoms with Crippen LogP contribution in [0.3, 0.4) is 0 Å². The molecule has 2 aliphatic rings. The van der Waals surface area contributed by atoms with Crippen LogP contribution >= 0.6 is 11.6 Å². The van der Waals surface area contributed by atoms with Crippen LogP contribution < -0.4 is 15.4 Å². The smallest absolute Gasteiger partial charge is 0.265 e. The zero-order chi connectivity index (χ0) is 17.4. The quantitative estimate of drug-likeness (QED) is 0.884. The second-order valence-electron chi connectivity index (χ2n) is 6.35. The van der Waals surface area contributed by atoms with Crippen LogP contribution in [0.25, 0.3) is 0 Å². The summed E-state index contributed by atoms with van der Waals surface area (Å²) in [5.74, 6) is 0.226. The Hall–Kier alpha value is -2.53. The maximum absolute atomic E-state index is 12.6. The van der Waals surface area contributed by atoms with Gasteiger partial charge in [-0.1, -0.05) is 23.7 Å². The van der Waals surface area contributed by atoms with Crippen LogP contribution in [0.1, 0.15) is 28.8 Å². The standard InChI is InChI=1S/C19H17ClN2O3/c20-12-5-8-16-11(9-12)10-17(25-16)19(24)22-15-4-2-1-3-14(15)18(23)21-13-6-7-13/h1-5,8-9,13,17H,6-7,10H2,(H,21,23)(H,22,24)/t17-/m0/s1. The van der Waals surface area contributed by atoms with Crippen LogP contribution in [-0.4, -0.2) is 24.0 Å². The number of para-hydroxylation sites is 1. The minimum atomic E-state index is -0.631. The van der Waals surface area contributed by atoms with Crippen molar-refractivity contribution in [3.05, 3.63) is 58.6 Å². The lowest BCUT2D eigenvalue weighted by molar-refractivity contribution is -0.122. The monoisotopic (exact) mass is 356 g/mol. The van der Waals surface area contributed by atoms with Gasteiger partial charge in [0.15, 0.2) is 6.10 Å². The second kappa shape index (κ2) is 6.41. The molecule has 2 aromatic carbocycles. The summed E-state index contributed by atoms with van der Waals surface area (Å²) in [5.41, 5.74) is 1.86. The number of rotatable bonds is 4. The zero-order valence-corrected chi connectivity index (χ0v) is 14.2. The molecular weight excluding hydrogens is 340 g/mol. The van der Waals surface area contributed by atoms with E-state index >= 15 is 0 Å².